The molecule has 2 aliphatic rings. The number of fused-ring (bicyclic) bond motifs is 2. The van der Waals surface area contributed by atoms with Crippen LogP contribution in [0.2, 0.25) is 0 Å². The molecular weight excluding hydrogens is 1070 g/mol. The molecular formula is C65H75NO15S. The van der Waals surface area contributed by atoms with Crippen molar-refractivity contribution < 1.29 is 71.1 Å². The number of hydrogen-bond donors (Lipinski definition) is 0. The molecule has 0 N–H and O–H groups in total. The monoisotopic (exact) mass is 1140 g/mol. The van der Waals surface area contributed by atoms with Crippen LogP contribution in [0.1, 0.15) is 119 Å². The normalized spacial score (nSPS) is 16.6. The van der Waals surface area contributed by atoms with Crippen molar-refractivity contribution in [3.05, 3.63) is 121 Å². The molecule has 0 unspecified atom stereocenters. The zero-order valence-corrected chi connectivity index (χ0v) is 48.3. The van der Waals surface area contributed by atoms with Crippen LogP contribution in [0.25, 0.3) is 32.0 Å². The fraction of sp³-hybridized carbons (Fsp3) is 0.431. The number of benzene rings is 4. The van der Waals surface area contributed by atoms with Gasteiger partial charge in [0, 0.05) is 17.5 Å². The fourth-order valence-electron chi connectivity index (χ4n) is 9.90. The molecule has 2 fully saturated rings. The van der Waals surface area contributed by atoms with E-state index in [1.54, 1.807) is 36.4 Å². The number of hydrogen-bond acceptors (Lipinski definition) is 17. The Morgan fingerprint density at radius 1 is 0.537 bits per heavy atom. The van der Waals surface area contributed by atoms with Crippen LogP contribution in [0.4, 0.5) is 0 Å². The summed E-state index contributed by atoms with van der Waals surface area (Å²) in [5.41, 5.74) is 4.47. The van der Waals surface area contributed by atoms with Crippen LogP contribution < -0.4 is 23.7 Å². The van der Waals surface area contributed by atoms with Gasteiger partial charge in [0.25, 0.3) is 0 Å². The number of methoxy groups -OCH3 is 1. The first-order valence-corrected chi connectivity index (χ1v) is 29.2. The number of carbonyl (C=O) groups is 6. The summed E-state index contributed by atoms with van der Waals surface area (Å²) in [4.78, 5) is 79.1. The molecule has 2 aromatic heterocycles. The van der Waals surface area contributed by atoms with Gasteiger partial charge in [0.15, 0.2) is 22.3 Å². The summed E-state index contributed by atoms with van der Waals surface area (Å²) >= 11 is 1.28. The Hall–Kier alpha value is -7.79. The summed E-state index contributed by atoms with van der Waals surface area (Å²) in [5, 5.41) is 1.49. The minimum atomic E-state index is -0.429. The third kappa shape index (κ3) is 18.4. The molecule has 17 heteroatoms. The molecule has 0 radical (unpaired) electrons. The first-order chi connectivity index (χ1) is 39.7. The highest BCUT2D eigenvalue weighted by Crippen LogP contribution is 2.44. The van der Waals surface area contributed by atoms with E-state index >= 15 is 0 Å². The highest BCUT2D eigenvalue weighted by atomic mass is 32.1. The second kappa shape index (κ2) is 31.4. The van der Waals surface area contributed by atoms with E-state index in [4.69, 9.17) is 47.3 Å². The molecule has 0 saturated heterocycles. The van der Waals surface area contributed by atoms with Crippen LogP contribution >= 0.6 is 11.3 Å². The van der Waals surface area contributed by atoms with Crippen molar-refractivity contribution >= 4 is 68.3 Å². The number of rotatable bonds is 26. The maximum atomic E-state index is 13.7. The highest BCUT2D eigenvalue weighted by molar-refractivity contribution is 7.22. The molecule has 0 bridgehead atoms. The average molecular weight is 1140 g/mol. The summed E-state index contributed by atoms with van der Waals surface area (Å²) in [7, 11) is 1.37. The number of nitrogens with zero attached hydrogens (tertiary/aromatic N) is 1. The van der Waals surface area contributed by atoms with Gasteiger partial charge in [-0.1, -0.05) is 36.9 Å². The Morgan fingerprint density at radius 2 is 0.988 bits per heavy atom. The number of unbranched alkanes of at least 4 members (excludes halogenated alkanes) is 6. The molecule has 0 aliphatic heterocycles. The topological polar surface area (TPSA) is 202 Å². The third-order valence-corrected chi connectivity index (χ3v) is 15.7. The van der Waals surface area contributed by atoms with Crippen molar-refractivity contribution in [3.8, 4) is 39.5 Å². The zero-order chi connectivity index (χ0) is 58.4. The number of thiazole rings is 1. The molecule has 8 rings (SSSR count). The van der Waals surface area contributed by atoms with Gasteiger partial charge in [0.05, 0.1) is 57.2 Å². The summed E-state index contributed by atoms with van der Waals surface area (Å²) < 4.78 is 50.8. The molecule has 4 aromatic carbocycles. The molecule has 0 amide bonds. The molecule has 0 atom stereocenters. The molecule has 2 saturated carbocycles. The number of furan rings is 1. The van der Waals surface area contributed by atoms with E-state index in [0.717, 1.165) is 91.9 Å². The number of carbonyl (C=O) groups excluding carboxylic acids is 6. The maximum Gasteiger partial charge on any atom is 0.330 e. The Bertz CT molecular complexity index is 3120. The standard InChI is InChI=1S/C49H53NO12S.C16H22O3/c1-5-42(51)58-25-9-7-6-8-24-57-35-18-20-36(21-19-35)59-47(53)32-14-16-34(17-15-32)49(55)62-39-23-22-38(61-48(54)33-12-10-31(11-13-33)46(52)56-4)43-44(39)63-45(50-43)41-28-37-30(3)26-29(2)27-40(37)60-41;1-3-16(17)19-13-7-5-4-6-12-18-15-10-8-14(2)9-11-15/h5,18-23,26-28,31-34H,1,6-17,24-25H2,2-4H3;3,8-11H,1,4-7,12-13H2,2H3. The van der Waals surface area contributed by atoms with E-state index in [0.29, 0.717) is 104 Å². The van der Waals surface area contributed by atoms with Crippen LogP contribution in [0.5, 0.6) is 28.7 Å². The Balaban J connectivity index is 0.000000433. The van der Waals surface area contributed by atoms with E-state index in [1.807, 2.05) is 50.2 Å². The quantitative estimate of drug-likeness (QED) is 0.0163. The number of esters is 6. The predicted molar refractivity (Wildman–Crippen MR) is 312 cm³/mol. The summed E-state index contributed by atoms with van der Waals surface area (Å²) in [5.74, 6) is -0.489. The minimum Gasteiger partial charge on any atom is -0.494 e. The number of ether oxygens (including phenoxy) is 8. The lowest BCUT2D eigenvalue weighted by Gasteiger charge is -2.26. The molecule has 82 heavy (non-hydrogen) atoms. The maximum absolute atomic E-state index is 13.7. The van der Waals surface area contributed by atoms with E-state index in [-0.39, 0.29) is 47.2 Å². The van der Waals surface area contributed by atoms with Crippen LogP contribution in [0.3, 0.4) is 0 Å². The lowest BCUT2D eigenvalue weighted by molar-refractivity contribution is -0.149. The smallest absolute Gasteiger partial charge is 0.330 e. The van der Waals surface area contributed by atoms with Gasteiger partial charge in [0.1, 0.15) is 33.0 Å². The lowest BCUT2D eigenvalue weighted by Crippen LogP contribution is -2.30. The Kier molecular flexibility index (Phi) is 23.7. The number of aromatic nitrogens is 1. The Labute approximate surface area is 483 Å². The second-order valence-corrected chi connectivity index (χ2v) is 21.8. The van der Waals surface area contributed by atoms with Crippen molar-refractivity contribution in [3.63, 3.8) is 0 Å². The van der Waals surface area contributed by atoms with Gasteiger partial charge in [-0.25, -0.2) is 14.6 Å². The second-order valence-electron chi connectivity index (χ2n) is 20.8. The van der Waals surface area contributed by atoms with Gasteiger partial charge in [0.2, 0.25) is 0 Å². The minimum absolute atomic E-state index is 0.228. The first-order valence-electron chi connectivity index (χ1n) is 28.4. The molecule has 436 valence electrons. The van der Waals surface area contributed by atoms with Crippen LogP contribution in [0.15, 0.2) is 109 Å². The van der Waals surface area contributed by atoms with Crippen molar-refractivity contribution in [2.24, 2.45) is 23.7 Å². The SMILES string of the molecule is C=CC(=O)OCCCCCCOc1ccc(C)cc1.C=CC(=O)OCCCCCCOc1ccc(OC(=O)C2CCC(C(=O)Oc3ccc(OC(=O)C4CCC(C(=O)OC)CC4)c4nc(-c5cc6c(C)cc(C)cc6o5)sc34)CC2)cc1. The van der Waals surface area contributed by atoms with Crippen molar-refractivity contribution in [1.82, 2.24) is 4.98 Å². The van der Waals surface area contributed by atoms with E-state index in [9.17, 15) is 28.8 Å². The molecule has 0 spiro atoms. The zero-order valence-electron chi connectivity index (χ0n) is 47.5. The van der Waals surface area contributed by atoms with Crippen molar-refractivity contribution in [2.75, 3.05) is 33.5 Å². The highest BCUT2D eigenvalue weighted by Gasteiger charge is 2.34. The van der Waals surface area contributed by atoms with Gasteiger partial charge < -0.3 is 42.3 Å². The van der Waals surface area contributed by atoms with Crippen molar-refractivity contribution in [1.29, 1.82) is 0 Å². The molecule has 16 nitrogen and oxygen atoms in total. The fourth-order valence-corrected chi connectivity index (χ4v) is 10.9. The van der Waals surface area contributed by atoms with Crippen molar-refractivity contribution in [2.45, 2.75) is 124 Å². The first kappa shape index (κ1) is 61.8. The average Bonchev–Trinajstić information content (AvgIpc) is 3.78. The van der Waals surface area contributed by atoms with Crippen LogP contribution in [-0.2, 0) is 43.0 Å². The largest absolute Gasteiger partial charge is 0.494 e. The van der Waals surface area contributed by atoms with E-state index in [2.05, 4.69) is 26.1 Å². The van der Waals surface area contributed by atoms with E-state index in [1.165, 1.54) is 30.1 Å². The predicted octanol–water partition coefficient (Wildman–Crippen LogP) is 13.9. The molecule has 6 aromatic rings. The third-order valence-electron chi connectivity index (χ3n) is 14.6. The van der Waals surface area contributed by atoms with Gasteiger partial charge in [-0.2, -0.15) is 0 Å². The Morgan fingerprint density at radius 3 is 1.50 bits per heavy atom. The summed E-state index contributed by atoms with van der Waals surface area (Å²) in [6.45, 7) is 14.9. The number of aryl methyl sites for hydroxylation is 3. The van der Waals surface area contributed by atoms with Gasteiger partial charge in [-0.15, -0.1) is 11.3 Å². The van der Waals surface area contributed by atoms with Crippen LogP contribution in [0, 0.1) is 44.4 Å². The molecule has 2 aliphatic carbocycles. The summed E-state index contributed by atoms with van der Waals surface area (Å²) in [6, 6.07) is 24.2. The lowest BCUT2D eigenvalue weighted by atomic mass is 9.82. The van der Waals surface area contributed by atoms with Gasteiger partial charge >= 0.3 is 35.8 Å². The summed E-state index contributed by atoms with van der Waals surface area (Å²) in [6.07, 6.45) is 13.8. The molecule has 2 heterocycles. The van der Waals surface area contributed by atoms with Gasteiger partial charge in [-0.3, -0.25) is 19.2 Å². The van der Waals surface area contributed by atoms with Gasteiger partial charge in [-0.05, 0) is 195 Å². The van der Waals surface area contributed by atoms with Crippen LogP contribution in [-0.4, -0.2) is 74.3 Å². The van der Waals surface area contributed by atoms with E-state index < -0.39 is 23.8 Å².